The number of benzene rings is 2. The number of hydrogen-bond acceptors (Lipinski definition) is 4. The topological polar surface area (TPSA) is 70.9 Å². The van der Waals surface area contributed by atoms with E-state index in [1.54, 1.807) is 18.2 Å². The van der Waals surface area contributed by atoms with Crippen molar-refractivity contribution < 1.29 is 14.6 Å². The summed E-state index contributed by atoms with van der Waals surface area (Å²) in [5, 5.41) is 14.4. The Morgan fingerprint density at radius 1 is 1.35 bits per heavy atom. The van der Waals surface area contributed by atoms with Crippen LogP contribution >= 0.6 is 39.1 Å². The van der Waals surface area contributed by atoms with Crippen LogP contribution in [0.2, 0.25) is 10.0 Å². The Balaban J connectivity index is 2.13. The van der Waals surface area contributed by atoms with Crippen molar-refractivity contribution in [1.29, 1.82) is 0 Å². The molecule has 0 aromatic heterocycles. The van der Waals surface area contributed by atoms with Gasteiger partial charge in [-0.05, 0) is 46.3 Å². The second-order valence-electron chi connectivity index (χ2n) is 4.34. The number of aromatic hydroxyl groups is 1. The lowest BCUT2D eigenvalue weighted by Crippen LogP contribution is -2.18. The van der Waals surface area contributed by atoms with Crippen molar-refractivity contribution in [2.75, 3.05) is 7.11 Å². The average molecular weight is 418 g/mol. The van der Waals surface area contributed by atoms with Crippen LogP contribution in [0.25, 0.3) is 0 Å². The molecule has 0 saturated carbocycles. The van der Waals surface area contributed by atoms with E-state index in [0.717, 1.165) is 0 Å². The molecule has 0 saturated heterocycles. The Kier molecular flexibility index (Phi) is 5.87. The van der Waals surface area contributed by atoms with Crippen LogP contribution in [-0.4, -0.2) is 24.3 Å². The minimum atomic E-state index is -0.475. The Morgan fingerprint density at radius 2 is 2.09 bits per heavy atom. The van der Waals surface area contributed by atoms with Crippen molar-refractivity contribution in [3.63, 3.8) is 0 Å². The van der Waals surface area contributed by atoms with Crippen LogP contribution in [0.1, 0.15) is 15.9 Å². The van der Waals surface area contributed by atoms with Crippen LogP contribution in [0.5, 0.6) is 11.5 Å². The molecule has 23 heavy (non-hydrogen) atoms. The zero-order chi connectivity index (χ0) is 17.0. The Bertz CT molecular complexity index is 782. The summed E-state index contributed by atoms with van der Waals surface area (Å²) < 4.78 is 5.39. The van der Waals surface area contributed by atoms with Crippen molar-refractivity contribution in [2.24, 2.45) is 5.10 Å². The van der Waals surface area contributed by atoms with E-state index < -0.39 is 5.91 Å². The van der Waals surface area contributed by atoms with Gasteiger partial charge in [0.25, 0.3) is 5.91 Å². The zero-order valence-corrected chi connectivity index (χ0v) is 14.9. The van der Waals surface area contributed by atoms with Gasteiger partial charge in [0, 0.05) is 10.6 Å². The first-order valence-corrected chi connectivity index (χ1v) is 7.83. The summed E-state index contributed by atoms with van der Waals surface area (Å²) in [6, 6.07) is 7.79. The molecule has 0 unspecified atom stereocenters. The summed E-state index contributed by atoms with van der Waals surface area (Å²) in [6.07, 6.45) is 1.38. The average Bonchev–Trinajstić information content (AvgIpc) is 2.51. The van der Waals surface area contributed by atoms with Crippen molar-refractivity contribution >= 4 is 51.3 Å². The molecule has 0 heterocycles. The van der Waals surface area contributed by atoms with Gasteiger partial charge in [-0.15, -0.1) is 0 Å². The fraction of sp³-hybridized carbons (Fsp3) is 0.0667. The molecule has 0 fully saturated rings. The number of carbonyl (C=O) groups excluding carboxylic acids is 1. The molecular formula is C15H11BrCl2N2O3. The molecule has 5 nitrogen and oxygen atoms in total. The van der Waals surface area contributed by atoms with E-state index in [1.165, 1.54) is 25.5 Å². The van der Waals surface area contributed by atoms with Crippen molar-refractivity contribution in [3.05, 3.63) is 56.0 Å². The first-order chi connectivity index (χ1) is 10.9. The van der Waals surface area contributed by atoms with E-state index in [0.29, 0.717) is 20.8 Å². The second-order valence-corrected chi connectivity index (χ2v) is 5.98. The highest BCUT2D eigenvalue weighted by molar-refractivity contribution is 9.10. The third-order valence-electron chi connectivity index (χ3n) is 2.87. The highest BCUT2D eigenvalue weighted by Gasteiger charge is 2.11. The van der Waals surface area contributed by atoms with Crippen LogP contribution in [0.15, 0.2) is 39.9 Å². The monoisotopic (exact) mass is 416 g/mol. The van der Waals surface area contributed by atoms with Gasteiger partial charge in [-0.25, -0.2) is 5.43 Å². The summed E-state index contributed by atoms with van der Waals surface area (Å²) in [6.45, 7) is 0. The van der Waals surface area contributed by atoms with Crippen molar-refractivity contribution in [3.8, 4) is 11.5 Å². The van der Waals surface area contributed by atoms with Gasteiger partial charge in [-0.3, -0.25) is 4.79 Å². The number of phenolic OH excluding ortho intramolecular Hbond substituents is 1. The van der Waals surface area contributed by atoms with Crippen LogP contribution in [0, 0.1) is 0 Å². The molecule has 2 rings (SSSR count). The van der Waals surface area contributed by atoms with Gasteiger partial charge in [-0.2, -0.15) is 5.10 Å². The number of methoxy groups -OCH3 is 1. The van der Waals surface area contributed by atoms with E-state index in [1.807, 2.05) is 0 Å². The number of ether oxygens (including phenoxy) is 1. The molecule has 0 aliphatic heterocycles. The molecular weight excluding hydrogens is 407 g/mol. The first-order valence-electron chi connectivity index (χ1n) is 6.28. The molecule has 120 valence electrons. The lowest BCUT2D eigenvalue weighted by molar-refractivity contribution is 0.0955. The number of nitrogens with zero attached hydrogens (tertiary/aromatic N) is 1. The summed E-state index contributed by atoms with van der Waals surface area (Å²) in [5.41, 5.74) is 3.17. The predicted octanol–water partition coefficient (Wildman–Crippen LogP) is 4.23. The van der Waals surface area contributed by atoms with Crippen molar-refractivity contribution in [2.45, 2.75) is 0 Å². The van der Waals surface area contributed by atoms with E-state index >= 15 is 0 Å². The van der Waals surface area contributed by atoms with Crippen LogP contribution in [0.4, 0.5) is 0 Å². The maximum absolute atomic E-state index is 12.0. The SMILES string of the molecule is COc1ccc(/C=N/NC(=O)c2ccc(Cl)cc2Cl)c(Br)c1O. The molecule has 1 amide bonds. The van der Waals surface area contributed by atoms with E-state index in [-0.39, 0.29) is 16.3 Å². The van der Waals surface area contributed by atoms with Crippen LogP contribution in [0.3, 0.4) is 0 Å². The van der Waals surface area contributed by atoms with Crippen molar-refractivity contribution in [1.82, 2.24) is 5.43 Å². The summed E-state index contributed by atoms with van der Waals surface area (Å²) >= 11 is 15.0. The molecule has 2 N–H and O–H groups in total. The summed E-state index contributed by atoms with van der Waals surface area (Å²) in [4.78, 5) is 12.0. The Labute approximate surface area is 151 Å². The standard InChI is InChI=1S/C15H11BrCl2N2O3/c1-23-12-5-2-8(13(16)14(12)21)7-19-20-15(22)10-4-3-9(17)6-11(10)18/h2-7,21H,1H3,(H,20,22)/b19-7+. The Hall–Kier alpha value is -1.76. The molecule has 2 aromatic rings. The van der Waals surface area contributed by atoms with Gasteiger partial charge in [0.2, 0.25) is 0 Å². The number of carbonyl (C=O) groups is 1. The van der Waals surface area contributed by atoms with Crippen LogP contribution in [-0.2, 0) is 0 Å². The largest absolute Gasteiger partial charge is 0.503 e. The molecule has 0 radical (unpaired) electrons. The van der Waals surface area contributed by atoms with Gasteiger partial charge in [0.1, 0.15) is 0 Å². The normalized spacial score (nSPS) is 10.8. The van der Waals surface area contributed by atoms with E-state index in [9.17, 15) is 9.90 Å². The molecule has 8 heteroatoms. The van der Waals surface area contributed by atoms with Gasteiger partial charge in [0.05, 0.1) is 28.4 Å². The van der Waals surface area contributed by atoms with E-state index in [4.69, 9.17) is 27.9 Å². The number of hydrogen-bond donors (Lipinski definition) is 2. The highest BCUT2D eigenvalue weighted by Crippen LogP contribution is 2.35. The third kappa shape index (κ3) is 4.16. The molecule has 0 aliphatic rings. The molecule has 0 aliphatic carbocycles. The van der Waals surface area contributed by atoms with Crippen LogP contribution < -0.4 is 10.2 Å². The molecule has 0 atom stereocenters. The number of halogens is 3. The Morgan fingerprint density at radius 3 is 2.74 bits per heavy atom. The van der Waals surface area contributed by atoms with Gasteiger partial charge in [-0.1, -0.05) is 23.2 Å². The summed E-state index contributed by atoms with van der Waals surface area (Å²) in [5.74, 6) is -0.202. The number of rotatable bonds is 4. The second kappa shape index (κ2) is 7.68. The molecule has 2 aromatic carbocycles. The number of nitrogens with one attached hydrogen (secondary N) is 1. The van der Waals surface area contributed by atoms with E-state index in [2.05, 4.69) is 26.5 Å². The quantitative estimate of drug-likeness (QED) is 0.577. The number of phenols is 1. The summed E-state index contributed by atoms with van der Waals surface area (Å²) in [7, 11) is 1.45. The lowest BCUT2D eigenvalue weighted by Gasteiger charge is -2.07. The molecule has 0 bridgehead atoms. The number of amides is 1. The minimum Gasteiger partial charge on any atom is -0.503 e. The lowest BCUT2D eigenvalue weighted by atomic mass is 10.2. The smallest absolute Gasteiger partial charge is 0.272 e. The van der Waals surface area contributed by atoms with Gasteiger partial charge < -0.3 is 9.84 Å². The van der Waals surface area contributed by atoms with Gasteiger partial charge >= 0.3 is 0 Å². The fourth-order valence-electron chi connectivity index (χ4n) is 1.72. The minimum absolute atomic E-state index is 0.0523. The first kappa shape index (κ1) is 17.6. The zero-order valence-electron chi connectivity index (χ0n) is 11.8. The number of hydrazone groups is 1. The molecule has 0 spiro atoms. The third-order valence-corrected chi connectivity index (χ3v) is 4.26. The highest BCUT2D eigenvalue weighted by atomic mass is 79.9. The fourth-order valence-corrected chi connectivity index (χ4v) is 2.65. The maximum atomic E-state index is 12.0. The predicted molar refractivity (Wildman–Crippen MR) is 93.9 cm³/mol. The maximum Gasteiger partial charge on any atom is 0.272 e. The van der Waals surface area contributed by atoms with Gasteiger partial charge in [0.15, 0.2) is 11.5 Å².